The molecule has 26 heavy (non-hydrogen) atoms. The Morgan fingerprint density at radius 2 is 1.62 bits per heavy atom. The smallest absolute Gasteiger partial charge is 0.302 e. The van der Waals surface area contributed by atoms with E-state index in [2.05, 4.69) is 14.9 Å². The van der Waals surface area contributed by atoms with Gasteiger partial charge in [0.05, 0.1) is 13.2 Å². The lowest BCUT2D eigenvalue weighted by atomic mass is 10.1. The van der Waals surface area contributed by atoms with Crippen LogP contribution in [0, 0.1) is 0 Å². The molecule has 0 N–H and O–H groups in total. The predicted octanol–water partition coefficient (Wildman–Crippen LogP) is 1.57. The van der Waals surface area contributed by atoms with E-state index in [0.717, 1.165) is 0 Å². The number of aromatic nitrogens is 2. The van der Waals surface area contributed by atoms with Crippen molar-refractivity contribution in [3.8, 4) is 0 Å². The van der Waals surface area contributed by atoms with E-state index in [9.17, 15) is 14.4 Å². The van der Waals surface area contributed by atoms with E-state index < -0.39 is 0 Å². The largest absolute Gasteiger partial charge is 0.466 e. The first-order valence-electron chi connectivity index (χ1n) is 8.14. The van der Waals surface area contributed by atoms with Crippen molar-refractivity contribution in [3.05, 3.63) is 23.8 Å². The molecule has 0 spiro atoms. The minimum Gasteiger partial charge on any atom is -0.466 e. The molecule has 0 bridgehead atoms. The highest BCUT2D eigenvalue weighted by atomic mass is 16.6. The molecule has 140 valence electrons. The van der Waals surface area contributed by atoms with Crippen molar-refractivity contribution in [2.45, 2.75) is 32.7 Å². The van der Waals surface area contributed by atoms with Gasteiger partial charge in [0.1, 0.15) is 11.0 Å². The number of benzene rings is 1. The topological polar surface area (TPSA) is 112 Å². The first kappa shape index (κ1) is 19.4. The number of nitrogens with zero attached hydrogens (tertiary/aromatic N) is 3. The molecule has 1 aromatic heterocycles. The lowest BCUT2D eigenvalue weighted by Crippen LogP contribution is -2.39. The Labute approximate surface area is 150 Å². The highest BCUT2D eigenvalue weighted by Gasteiger charge is 2.22. The first-order valence-corrected chi connectivity index (χ1v) is 8.14. The van der Waals surface area contributed by atoms with Crippen molar-refractivity contribution < 1.29 is 28.5 Å². The van der Waals surface area contributed by atoms with Crippen LogP contribution in [0.2, 0.25) is 0 Å². The molecular weight excluding hydrogens is 342 g/mol. The normalized spacial score (nSPS) is 10.8. The van der Waals surface area contributed by atoms with Gasteiger partial charge >= 0.3 is 11.9 Å². The molecular formula is C17H21N3O6. The van der Waals surface area contributed by atoms with E-state index >= 15 is 0 Å². The van der Waals surface area contributed by atoms with Crippen molar-refractivity contribution in [3.63, 3.8) is 0 Å². The third kappa shape index (κ3) is 5.27. The molecule has 0 fully saturated rings. The van der Waals surface area contributed by atoms with E-state index in [4.69, 9.17) is 9.47 Å². The van der Waals surface area contributed by atoms with E-state index in [1.807, 2.05) is 0 Å². The van der Waals surface area contributed by atoms with Gasteiger partial charge in [0.15, 0.2) is 0 Å². The number of hydrogen-bond acceptors (Lipinski definition) is 8. The number of amides is 1. The molecule has 1 heterocycles. The molecule has 0 saturated heterocycles. The van der Waals surface area contributed by atoms with Crippen LogP contribution in [0.1, 0.15) is 37.0 Å². The van der Waals surface area contributed by atoms with Crippen LogP contribution in [0.5, 0.6) is 0 Å². The fourth-order valence-corrected chi connectivity index (χ4v) is 2.49. The van der Waals surface area contributed by atoms with Crippen LogP contribution in [-0.4, -0.2) is 59.4 Å². The van der Waals surface area contributed by atoms with Crippen molar-refractivity contribution in [2.24, 2.45) is 0 Å². The number of carbonyl (C=O) groups is 3. The third-order valence-corrected chi connectivity index (χ3v) is 3.88. The first-order chi connectivity index (χ1) is 12.4. The summed E-state index contributed by atoms with van der Waals surface area (Å²) in [6, 6.07) is 4.62. The minimum absolute atomic E-state index is 0.171. The highest BCUT2D eigenvalue weighted by molar-refractivity contribution is 5.97. The average Bonchev–Trinajstić information content (AvgIpc) is 3.06. The third-order valence-electron chi connectivity index (χ3n) is 3.88. The summed E-state index contributed by atoms with van der Waals surface area (Å²) in [6.07, 6.45) is 0.855. The fraction of sp³-hybridized carbons (Fsp3) is 0.471. The molecule has 1 aromatic carbocycles. The second-order valence-electron chi connectivity index (χ2n) is 5.80. The van der Waals surface area contributed by atoms with Crippen molar-refractivity contribution in [2.75, 3.05) is 20.3 Å². The van der Waals surface area contributed by atoms with Crippen molar-refractivity contribution in [1.82, 2.24) is 15.2 Å². The maximum atomic E-state index is 12.8. The monoisotopic (exact) mass is 363 g/mol. The molecule has 0 aliphatic rings. The van der Waals surface area contributed by atoms with Gasteiger partial charge in [-0.3, -0.25) is 14.4 Å². The molecule has 9 heteroatoms. The molecule has 1 amide bonds. The van der Waals surface area contributed by atoms with E-state index in [1.165, 1.54) is 13.8 Å². The number of fused-ring (bicyclic) bond motifs is 1. The molecule has 9 nitrogen and oxygen atoms in total. The number of rotatable bonds is 8. The average molecular weight is 363 g/mol. The molecule has 0 aliphatic heterocycles. The Hall–Kier alpha value is -2.97. The molecule has 0 atom stereocenters. The van der Waals surface area contributed by atoms with Gasteiger partial charge in [-0.05, 0) is 28.5 Å². The van der Waals surface area contributed by atoms with Crippen LogP contribution in [0.4, 0.5) is 0 Å². The summed E-state index contributed by atoms with van der Waals surface area (Å²) >= 11 is 0. The van der Waals surface area contributed by atoms with Crippen LogP contribution < -0.4 is 0 Å². The van der Waals surface area contributed by atoms with Crippen LogP contribution in [0.15, 0.2) is 22.8 Å². The van der Waals surface area contributed by atoms with Gasteiger partial charge in [0, 0.05) is 45.3 Å². The molecule has 0 saturated carbocycles. The summed E-state index contributed by atoms with van der Waals surface area (Å²) in [6.45, 7) is 2.99. The lowest BCUT2D eigenvalue weighted by Gasteiger charge is -2.28. The lowest BCUT2D eigenvalue weighted by molar-refractivity contribution is -0.141. The zero-order chi connectivity index (χ0) is 19.1. The Kier molecular flexibility index (Phi) is 6.65. The van der Waals surface area contributed by atoms with Gasteiger partial charge in [-0.2, -0.15) is 0 Å². The summed E-state index contributed by atoms with van der Waals surface area (Å²) in [7, 11) is 1.65. The van der Waals surface area contributed by atoms with Crippen molar-refractivity contribution in [1.29, 1.82) is 0 Å². The van der Waals surface area contributed by atoms with Crippen LogP contribution in [0.25, 0.3) is 11.0 Å². The van der Waals surface area contributed by atoms with E-state index in [0.29, 0.717) is 29.4 Å². The predicted molar refractivity (Wildman–Crippen MR) is 90.2 cm³/mol. The maximum absolute atomic E-state index is 12.8. The molecule has 0 aliphatic carbocycles. The fourth-order valence-electron chi connectivity index (χ4n) is 2.49. The number of esters is 2. The number of ether oxygens (including phenoxy) is 2. The Bertz CT molecular complexity index is 768. The van der Waals surface area contributed by atoms with E-state index in [-0.39, 0.29) is 37.1 Å². The summed E-state index contributed by atoms with van der Waals surface area (Å²) in [5.41, 5.74) is 1.48. The van der Waals surface area contributed by atoms with Crippen LogP contribution >= 0.6 is 0 Å². The molecule has 2 aromatic rings. The minimum atomic E-state index is -0.387. The zero-order valence-electron chi connectivity index (χ0n) is 14.9. The summed E-state index contributed by atoms with van der Waals surface area (Å²) < 4.78 is 14.6. The number of carbonyl (C=O) groups excluding carboxylic acids is 3. The Morgan fingerprint density at radius 3 is 2.19 bits per heavy atom. The molecule has 2 rings (SSSR count). The summed E-state index contributed by atoms with van der Waals surface area (Å²) in [4.78, 5) is 36.2. The van der Waals surface area contributed by atoms with Gasteiger partial charge in [0.25, 0.3) is 5.91 Å². The highest BCUT2D eigenvalue weighted by Crippen LogP contribution is 2.16. The molecule has 0 unspecified atom stereocenters. The van der Waals surface area contributed by atoms with Gasteiger partial charge in [-0.1, -0.05) is 0 Å². The van der Waals surface area contributed by atoms with Gasteiger partial charge in [-0.25, -0.2) is 4.63 Å². The zero-order valence-corrected chi connectivity index (χ0v) is 14.9. The standard InChI is InChI=1S/C17H21N3O6/c1-11(21)24-8-6-14(7-9-25-12(2)22)20(3)17(23)13-4-5-15-16(10-13)19-26-18-15/h4-5,10,14H,6-9H2,1-3H3. The number of hydrogen-bond donors (Lipinski definition) is 0. The van der Waals surface area contributed by atoms with Crippen molar-refractivity contribution >= 4 is 28.9 Å². The van der Waals surface area contributed by atoms with Crippen LogP contribution in [-0.2, 0) is 19.1 Å². The summed E-state index contributed by atoms with van der Waals surface area (Å²) in [5.74, 6) is -1.01. The van der Waals surface area contributed by atoms with Gasteiger partial charge in [-0.15, -0.1) is 0 Å². The Balaban J connectivity index is 2.08. The Morgan fingerprint density at radius 1 is 1.04 bits per heavy atom. The van der Waals surface area contributed by atoms with E-state index in [1.54, 1.807) is 30.1 Å². The second kappa shape index (κ2) is 8.93. The van der Waals surface area contributed by atoms with Gasteiger partial charge < -0.3 is 14.4 Å². The second-order valence-corrected chi connectivity index (χ2v) is 5.80. The SMILES string of the molecule is CC(=O)OCCC(CCOC(C)=O)N(C)C(=O)c1ccc2nonc2c1. The van der Waals surface area contributed by atoms with Gasteiger partial charge in [0.2, 0.25) is 0 Å². The maximum Gasteiger partial charge on any atom is 0.302 e. The molecule has 0 radical (unpaired) electrons. The van der Waals surface area contributed by atoms with Crippen LogP contribution in [0.3, 0.4) is 0 Å². The quantitative estimate of drug-likeness (QED) is 0.650. The summed E-state index contributed by atoms with van der Waals surface area (Å²) in [5, 5.41) is 7.44.